The van der Waals surface area contributed by atoms with Crippen LogP contribution in [0.4, 0.5) is 0 Å². The molecule has 0 unspecified atom stereocenters. The molecule has 3 saturated carbocycles. The van der Waals surface area contributed by atoms with Crippen LogP contribution in [0.5, 0.6) is 11.5 Å². The fraction of sp³-hybridized carbons (Fsp3) is 0.771. The average molecular weight is 568 g/mol. The number of hydrogen-bond acceptors (Lipinski definition) is 4. The van der Waals surface area contributed by atoms with Crippen molar-refractivity contribution in [1.82, 2.24) is 5.32 Å². The molecule has 4 nitrogen and oxygen atoms in total. The summed E-state index contributed by atoms with van der Waals surface area (Å²) in [4.78, 5) is 0. The van der Waals surface area contributed by atoms with Gasteiger partial charge in [-0.05, 0) is 121 Å². The second-order valence-corrected chi connectivity index (χ2v) is 20.8. The highest BCUT2D eigenvalue weighted by Crippen LogP contribution is 2.63. The molecule has 0 amide bonds. The van der Waals surface area contributed by atoms with Crippen LogP contribution in [-0.4, -0.2) is 28.3 Å². The third-order valence-corrected chi connectivity index (χ3v) is 17.1. The first-order chi connectivity index (χ1) is 18.7. The molecule has 1 aromatic rings. The summed E-state index contributed by atoms with van der Waals surface area (Å²) in [5.74, 6) is 5.29. The van der Waals surface area contributed by atoms with Crippen LogP contribution in [0.1, 0.15) is 92.1 Å². The Morgan fingerprint density at radius 1 is 1.05 bits per heavy atom. The van der Waals surface area contributed by atoms with E-state index in [1.54, 1.807) is 0 Å². The summed E-state index contributed by atoms with van der Waals surface area (Å²) in [5.41, 5.74) is 3.41. The molecular formula is C35H57NO3Si. The number of benzene rings is 1. The van der Waals surface area contributed by atoms with Gasteiger partial charge in [-0.1, -0.05) is 66.2 Å². The fourth-order valence-electron chi connectivity index (χ4n) is 8.64. The van der Waals surface area contributed by atoms with E-state index in [2.05, 4.69) is 84.7 Å². The zero-order chi connectivity index (χ0) is 28.9. The summed E-state index contributed by atoms with van der Waals surface area (Å²) < 4.78 is 18.2. The second-order valence-electron chi connectivity index (χ2n) is 15.9. The lowest BCUT2D eigenvalue weighted by molar-refractivity contribution is -0.0775. The van der Waals surface area contributed by atoms with Crippen molar-refractivity contribution in [1.29, 1.82) is 0 Å². The van der Waals surface area contributed by atoms with Gasteiger partial charge < -0.3 is 19.2 Å². The minimum Gasteiger partial charge on any atom is -0.454 e. The third kappa shape index (κ3) is 5.56. The number of hydrogen-bond donors (Lipinski definition) is 1. The van der Waals surface area contributed by atoms with Gasteiger partial charge in [-0.15, -0.1) is 0 Å². The van der Waals surface area contributed by atoms with Gasteiger partial charge in [0.1, 0.15) is 0 Å². The Balaban J connectivity index is 1.37. The van der Waals surface area contributed by atoms with Crippen molar-refractivity contribution < 1.29 is 13.9 Å². The first-order valence-electron chi connectivity index (χ1n) is 16.2. The van der Waals surface area contributed by atoms with Crippen LogP contribution in [0.15, 0.2) is 30.4 Å². The monoisotopic (exact) mass is 567 g/mol. The van der Waals surface area contributed by atoms with Crippen LogP contribution in [0.3, 0.4) is 0 Å². The third-order valence-electron chi connectivity index (χ3n) is 12.6. The molecule has 4 aliphatic rings. The first-order valence-corrected chi connectivity index (χ1v) is 19.1. The Labute approximate surface area is 246 Å². The molecule has 0 aromatic heterocycles. The predicted octanol–water partition coefficient (Wildman–Crippen LogP) is 8.97. The van der Waals surface area contributed by atoms with E-state index >= 15 is 0 Å². The van der Waals surface area contributed by atoms with Crippen LogP contribution in [0, 0.1) is 40.4 Å². The van der Waals surface area contributed by atoms with Crippen molar-refractivity contribution in [2.45, 2.75) is 111 Å². The molecule has 3 fully saturated rings. The lowest BCUT2D eigenvalue weighted by Crippen LogP contribution is -2.53. The Bertz CT molecular complexity index is 1080. The molecule has 1 N–H and O–H groups in total. The van der Waals surface area contributed by atoms with Crippen LogP contribution < -0.4 is 14.8 Å². The van der Waals surface area contributed by atoms with E-state index in [1.165, 1.54) is 56.1 Å². The Morgan fingerprint density at radius 2 is 1.80 bits per heavy atom. The van der Waals surface area contributed by atoms with E-state index in [1.807, 2.05) is 0 Å². The van der Waals surface area contributed by atoms with E-state index in [-0.39, 0.29) is 5.04 Å². The SMILES string of the molecule is C=C1CC[C@H]2[C@H](CNCc3ccc4c(c3)OCO4)[C@@H]([C@@]3(C)CC[C@H](C)C[C@@H]3CO[Si](C)(C)C(C)(C)C)CC[C@]12C. The maximum absolute atomic E-state index is 6.99. The molecule has 5 heteroatoms. The van der Waals surface area contributed by atoms with Crippen LogP contribution in [-0.2, 0) is 11.0 Å². The van der Waals surface area contributed by atoms with Gasteiger partial charge in [0.05, 0.1) is 0 Å². The van der Waals surface area contributed by atoms with Gasteiger partial charge >= 0.3 is 0 Å². The van der Waals surface area contributed by atoms with Crippen molar-refractivity contribution in [2.24, 2.45) is 40.4 Å². The van der Waals surface area contributed by atoms with Gasteiger partial charge in [-0.25, -0.2) is 0 Å². The quantitative estimate of drug-likeness (QED) is 0.251. The minimum absolute atomic E-state index is 0.252. The number of ether oxygens (including phenoxy) is 2. The molecule has 0 spiro atoms. The van der Waals surface area contributed by atoms with Gasteiger partial charge in [-0.3, -0.25) is 0 Å². The fourth-order valence-corrected chi connectivity index (χ4v) is 9.69. The minimum atomic E-state index is -1.79. The molecule has 0 radical (unpaired) electrons. The summed E-state index contributed by atoms with van der Waals surface area (Å²) in [7, 11) is -1.79. The Kier molecular flexibility index (Phi) is 8.35. The predicted molar refractivity (Wildman–Crippen MR) is 168 cm³/mol. The van der Waals surface area contributed by atoms with Crippen LogP contribution in [0.25, 0.3) is 0 Å². The average Bonchev–Trinajstić information content (AvgIpc) is 3.47. The number of allylic oxidation sites excluding steroid dienone is 1. The van der Waals surface area contributed by atoms with E-state index in [0.717, 1.165) is 48.9 Å². The number of fused-ring (bicyclic) bond motifs is 2. The highest BCUT2D eigenvalue weighted by Gasteiger charge is 2.56. The molecule has 1 aliphatic heterocycles. The van der Waals surface area contributed by atoms with Crippen molar-refractivity contribution in [3.8, 4) is 11.5 Å². The smallest absolute Gasteiger partial charge is 0.231 e. The molecule has 224 valence electrons. The standard InChI is InChI=1S/C35H57NO3Si/c1-24-14-16-35(7,27(18-24)22-39-40(8,9)33(3,4)5)30-15-17-34(6)25(2)10-12-29(34)28(30)21-36-20-26-11-13-31-32(19-26)38-23-37-31/h11,13,19,24,27-30,36H,2,10,12,14-18,20-23H2,1,3-9H3/t24-,27+,28-,29-,30-,34+,35-/m0/s1. The maximum Gasteiger partial charge on any atom is 0.231 e. The first kappa shape index (κ1) is 30.2. The lowest BCUT2D eigenvalue weighted by atomic mass is 9.49. The molecule has 1 aromatic carbocycles. The summed E-state index contributed by atoms with van der Waals surface area (Å²) in [6.07, 6.45) is 9.15. The highest BCUT2D eigenvalue weighted by atomic mass is 28.4. The summed E-state index contributed by atoms with van der Waals surface area (Å²) >= 11 is 0. The molecule has 5 rings (SSSR count). The molecular weight excluding hydrogens is 510 g/mol. The zero-order valence-corrected chi connectivity index (χ0v) is 27.8. The lowest BCUT2D eigenvalue weighted by Gasteiger charge is -2.57. The number of nitrogens with one attached hydrogen (secondary N) is 1. The van der Waals surface area contributed by atoms with Gasteiger partial charge in [-0.2, -0.15) is 0 Å². The molecule has 7 atom stereocenters. The Hall–Kier alpha value is -1.30. The topological polar surface area (TPSA) is 39.7 Å². The van der Waals surface area contributed by atoms with Crippen molar-refractivity contribution in [2.75, 3.05) is 19.9 Å². The van der Waals surface area contributed by atoms with Crippen LogP contribution >= 0.6 is 0 Å². The van der Waals surface area contributed by atoms with E-state index in [0.29, 0.717) is 29.5 Å². The maximum atomic E-state index is 6.99. The number of rotatable bonds is 8. The van der Waals surface area contributed by atoms with Crippen molar-refractivity contribution in [3.05, 3.63) is 35.9 Å². The van der Waals surface area contributed by atoms with Crippen LogP contribution in [0.2, 0.25) is 18.1 Å². The van der Waals surface area contributed by atoms with E-state index in [4.69, 9.17) is 13.9 Å². The Morgan fingerprint density at radius 3 is 2.55 bits per heavy atom. The molecule has 3 aliphatic carbocycles. The van der Waals surface area contributed by atoms with E-state index < -0.39 is 8.32 Å². The van der Waals surface area contributed by atoms with Gasteiger partial charge in [0.25, 0.3) is 0 Å². The van der Waals surface area contributed by atoms with Crippen molar-refractivity contribution >= 4 is 8.32 Å². The van der Waals surface area contributed by atoms with Gasteiger partial charge in [0, 0.05) is 13.2 Å². The molecule has 40 heavy (non-hydrogen) atoms. The molecule has 0 bridgehead atoms. The van der Waals surface area contributed by atoms with E-state index in [9.17, 15) is 0 Å². The highest BCUT2D eigenvalue weighted by molar-refractivity contribution is 6.74. The van der Waals surface area contributed by atoms with Gasteiger partial charge in [0.15, 0.2) is 19.8 Å². The second kappa shape index (κ2) is 11.1. The molecule has 0 saturated heterocycles. The zero-order valence-electron chi connectivity index (χ0n) is 26.8. The molecule has 1 heterocycles. The summed E-state index contributed by atoms with van der Waals surface area (Å²) in [5, 5.41) is 4.19. The summed E-state index contributed by atoms with van der Waals surface area (Å²) in [6, 6.07) is 6.38. The summed E-state index contributed by atoms with van der Waals surface area (Å²) in [6.45, 7) is 27.5. The largest absolute Gasteiger partial charge is 0.454 e. The normalized spacial score (nSPS) is 36.1. The van der Waals surface area contributed by atoms with Crippen molar-refractivity contribution in [3.63, 3.8) is 0 Å². The van der Waals surface area contributed by atoms with Gasteiger partial charge in [0.2, 0.25) is 6.79 Å².